The molecule has 1 heterocycles. The number of ether oxygens (including phenoxy) is 1. The Balaban J connectivity index is 1.99. The van der Waals surface area contributed by atoms with Gasteiger partial charge in [-0.25, -0.2) is 0 Å². The number of aliphatic hydroxyl groups is 1. The number of nitrogens with one attached hydrogen (secondary N) is 1. The number of benzene rings is 1. The lowest BCUT2D eigenvalue weighted by atomic mass is 10.1. The lowest BCUT2D eigenvalue weighted by Gasteiger charge is -2.19. The average Bonchev–Trinajstić information content (AvgIpc) is 3.00. The molecule has 1 fully saturated rings. The van der Waals surface area contributed by atoms with E-state index in [0.29, 0.717) is 18.7 Å². The molecule has 132 valence electrons. The van der Waals surface area contributed by atoms with E-state index in [4.69, 9.17) is 4.74 Å². The molecule has 24 heavy (non-hydrogen) atoms. The highest BCUT2D eigenvalue weighted by atomic mass is 32.2. The fourth-order valence-electron chi connectivity index (χ4n) is 2.70. The van der Waals surface area contributed by atoms with Crippen LogP contribution in [0.2, 0.25) is 0 Å². The van der Waals surface area contributed by atoms with Crippen LogP contribution in [0.5, 0.6) is 5.75 Å². The minimum absolute atomic E-state index is 0.0759. The number of thioether (sulfide) groups is 1. The molecular weight excluding hydrogens is 328 g/mol. The maximum atomic E-state index is 12.4. The topological polar surface area (TPSA) is 78.9 Å². The van der Waals surface area contributed by atoms with Crippen LogP contribution in [-0.4, -0.2) is 55.2 Å². The van der Waals surface area contributed by atoms with Crippen molar-refractivity contribution in [3.05, 3.63) is 24.3 Å². The van der Waals surface area contributed by atoms with E-state index in [1.807, 2.05) is 24.5 Å². The van der Waals surface area contributed by atoms with Crippen molar-refractivity contribution in [2.75, 3.05) is 37.2 Å². The highest BCUT2D eigenvalue weighted by molar-refractivity contribution is 7.98. The Hall–Kier alpha value is -1.73. The molecule has 0 unspecified atom stereocenters. The van der Waals surface area contributed by atoms with Crippen molar-refractivity contribution in [1.29, 1.82) is 0 Å². The summed E-state index contributed by atoms with van der Waals surface area (Å²) in [6, 6.07) is 6.99. The van der Waals surface area contributed by atoms with Gasteiger partial charge in [-0.1, -0.05) is 6.07 Å². The second kappa shape index (κ2) is 8.94. The molecule has 0 spiro atoms. The number of nitrogens with zero attached hydrogens (tertiary/aromatic N) is 1. The van der Waals surface area contributed by atoms with Gasteiger partial charge in [0.25, 0.3) is 0 Å². The molecule has 2 atom stereocenters. The van der Waals surface area contributed by atoms with Crippen molar-refractivity contribution < 1.29 is 19.4 Å². The number of methoxy groups -OCH3 is 1. The summed E-state index contributed by atoms with van der Waals surface area (Å²) in [5, 5.41) is 12.2. The standard InChI is InChI=1S/C17H24N2O4S/c1-23-15-5-3-4-14(9-15)19-10-12(8-16(19)21)17(22)18-13(11-20)6-7-24-2/h3-5,9,12-13,20H,6-8,10-11H2,1-2H3,(H,18,22)/t12-,13-/m1/s1. The number of carbonyl (C=O) groups is 2. The van der Waals surface area contributed by atoms with E-state index in [9.17, 15) is 14.7 Å². The van der Waals surface area contributed by atoms with Gasteiger partial charge in [0, 0.05) is 24.7 Å². The van der Waals surface area contributed by atoms with Gasteiger partial charge in [0.15, 0.2) is 0 Å². The first-order valence-corrected chi connectivity index (χ1v) is 9.33. The molecule has 0 aromatic heterocycles. The molecule has 1 aromatic carbocycles. The zero-order valence-corrected chi connectivity index (χ0v) is 14.8. The first-order valence-electron chi connectivity index (χ1n) is 7.93. The maximum Gasteiger partial charge on any atom is 0.227 e. The third kappa shape index (κ3) is 4.64. The van der Waals surface area contributed by atoms with Gasteiger partial charge in [0.2, 0.25) is 11.8 Å². The molecule has 0 saturated carbocycles. The zero-order valence-electron chi connectivity index (χ0n) is 14.0. The van der Waals surface area contributed by atoms with Gasteiger partial charge in [-0.15, -0.1) is 0 Å². The summed E-state index contributed by atoms with van der Waals surface area (Å²) in [5.74, 6) is 0.894. The minimum Gasteiger partial charge on any atom is -0.497 e. The van der Waals surface area contributed by atoms with E-state index >= 15 is 0 Å². The Kier molecular flexibility index (Phi) is 6.93. The summed E-state index contributed by atoms with van der Waals surface area (Å²) in [7, 11) is 1.57. The third-order valence-electron chi connectivity index (χ3n) is 4.10. The van der Waals surface area contributed by atoms with E-state index in [2.05, 4.69) is 5.32 Å². The Morgan fingerprint density at radius 3 is 3.00 bits per heavy atom. The normalized spacial score (nSPS) is 18.5. The van der Waals surface area contributed by atoms with E-state index < -0.39 is 5.92 Å². The molecule has 1 aromatic rings. The molecule has 2 amide bonds. The minimum atomic E-state index is -0.396. The predicted octanol–water partition coefficient (Wildman–Crippen LogP) is 1.28. The number of hydrogen-bond acceptors (Lipinski definition) is 5. The van der Waals surface area contributed by atoms with Gasteiger partial charge < -0.3 is 20.1 Å². The molecule has 1 aliphatic rings. The average molecular weight is 352 g/mol. The van der Waals surface area contributed by atoms with Gasteiger partial charge in [-0.05, 0) is 30.6 Å². The van der Waals surface area contributed by atoms with Crippen molar-refractivity contribution in [2.24, 2.45) is 5.92 Å². The van der Waals surface area contributed by atoms with Crippen LogP contribution in [0.15, 0.2) is 24.3 Å². The lowest BCUT2D eigenvalue weighted by molar-refractivity contribution is -0.127. The molecule has 1 saturated heterocycles. The Morgan fingerprint density at radius 2 is 2.33 bits per heavy atom. The van der Waals surface area contributed by atoms with Crippen LogP contribution in [0.3, 0.4) is 0 Å². The number of anilines is 1. The van der Waals surface area contributed by atoms with E-state index in [0.717, 1.165) is 11.4 Å². The zero-order chi connectivity index (χ0) is 17.5. The molecular formula is C17H24N2O4S. The van der Waals surface area contributed by atoms with Crippen molar-refractivity contribution in [3.8, 4) is 5.75 Å². The second-order valence-corrected chi connectivity index (χ2v) is 6.76. The van der Waals surface area contributed by atoms with Crippen LogP contribution >= 0.6 is 11.8 Å². The molecule has 0 radical (unpaired) electrons. The van der Waals surface area contributed by atoms with Crippen LogP contribution < -0.4 is 15.0 Å². The number of hydrogen-bond donors (Lipinski definition) is 2. The fourth-order valence-corrected chi connectivity index (χ4v) is 3.22. The first kappa shape index (κ1) is 18.6. The first-order chi connectivity index (χ1) is 11.6. The van der Waals surface area contributed by atoms with Crippen LogP contribution in [0, 0.1) is 5.92 Å². The summed E-state index contributed by atoms with van der Waals surface area (Å²) in [6.45, 7) is 0.255. The van der Waals surface area contributed by atoms with Crippen molar-refractivity contribution in [3.63, 3.8) is 0 Å². The largest absolute Gasteiger partial charge is 0.497 e. The molecule has 2 N–H and O–H groups in total. The van der Waals surface area contributed by atoms with Gasteiger partial charge >= 0.3 is 0 Å². The molecule has 0 aliphatic carbocycles. The number of rotatable bonds is 8. The number of amides is 2. The van der Waals surface area contributed by atoms with Crippen molar-refractivity contribution in [2.45, 2.75) is 18.9 Å². The van der Waals surface area contributed by atoms with E-state index in [-0.39, 0.29) is 30.9 Å². The van der Waals surface area contributed by atoms with Gasteiger partial charge in [-0.2, -0.15) is 11.8 Å². The fraction of sp³-hybridized carbons (Fsp3) is 0.529. The summed E-state index contributed by atoms with van der Waals surface area (Å²) in [4.78, 5) is 26.3. The smallest absolute Gasteiger partial charge is 0.227 e. The Labute approximate surface area is 146 Å². The summed E-state index contributed by atoms with van der Waals surface area (Å²) in [6.07, 6.45) is 2.88. The van der Waals surface area contributed by atoms with Crippen LogP contribution in [0.25, 0.3) is 0 Å². The van der Waals surface area contributed by atoms with Crippen molar-refractivity contribution in [1.82, 2.24) is 5.32 Å². The SMILES string of the molecule is COc1cccc(N2C[C@H](C(=O)N[C@@H](CO)CCSC)CC2=O)c1. The van der Waals surface area contributed by atoms with Gasteiger partial charge in [-0.3, -0.25) is 9.59 Å². The Bertz CT molecular complexity index is 581. The second-order valence-electron chi connectivity index (χ2n) is 5.78. The molecule has 7 heteroatoms. The molecule has 0 bridgehead atoms. The van der Waals surface area contributed by atoms with Gasteiger partial charge in [0.1, 0.15) is 5.75 Å². The maximum absolute atomic E-state index is 12.4. The summed E-state index contributed by atoms with van der Waals surface area (Å²) < 4.78 is 5.18. The number of carbonyl (C=O) groups excluding carboxylic acids is 2. The van der Waals surface area contributed by atoms with E-state index in [1.165, 1.54) is 0 Å². The highest BCUT2D eigenvalue weighted by Crippen LogP contribution is 2.28. The summed E-state index contributed by atoms with van der Waals surface area (Å²) >= 11 is 1.67. The van der Waals surface area contributed by atoms with Crippen LogP contribution in [-0.2, 0) is 9.59 Å². The molecule has 1 aliphatic heterocycles. The van der Waals surface area contributed by atoms with Crippen LogP contribution in [0.1, 0.15) is 12.8 Å². The Morgan fingerprint density at radius 1 is 1.54 bits per heavy atom. The predicted molar refractivity (Wildman–Crippen MR) is 95.5 cm³/mol. The number of aliphatic hydroxyl groups excluding tert-OH is 1. The quantitative estimate of drug-likeness (QED) is 0.737. The van der Waals surface area contributed by atoms with Gasteiger partial charge in [0.05, 0.1) is 25.7 Å². The van der Waals surface area contributed by atoms with Crippen molar-refractivity contribution >= 4 is 29.3 Å². The highest BCUT2D eigenvalue weighted by Gasteiger charge is 2.35. The molecule has 2 rings (SSSR count). The summed E-state index contributed by atoms with van der Waals surface area (Å²) in [5.41, 5.74) is 0.732. The lowest BCUT2D eigenvalue weighted by Crippen LogP contribution is -2.42. The third-order valence-corrected chi connectivity index (χ3v) is 4.74. The van der Waals surface area contributed by atoms with E-state index in [1.54, 1.807) is 29.8 Å². The monoisotopic (exact) mass is 352 g/mol. The van der Waals surface area contributed by atoms with Crippen LogP contribution in [0.4, 0.5) is 5.69 Å². The molecule has 6 nitrogen and oxygen atoms in total.